The molecule has 0 fully saturated rings. The van der Waals surface area contributed by atoms with E-state index in [4.69, 9.17) is 16.9 Å². The minimum atomic E-state index is -0.118. The van der Waals surface area contributed by atoms with Crippen molar-refractivity contribution in [3.05, 3.63) is 82.2 Å². The third-order valence-corrected chi connectivity index (χ3v) is 6.01. The number of aromatic nitrogens is 3. The van der Waals surface area contributed by atoms with Crippen LogP contribution in [-0.2, 0) is 31.5 Å². The summed E-state index contributed by atoms with van der Waals surface area (Å²) in [4.78, 5) is 20.2. The fourth-order valence-electron chi connectivity index (χ4n) is 4.22. The number of nitrogens with zero attached hydrogens (tertiary/aromatic N) is 4. The Morgan fingerprint density at radius 1 is 1.24 bits per heavy atom. The molecule has 0 unspecified atom stereocenters. The molecule has 4 aromatic rings. The van der Waals surface area contributed by atoms with Crippen molar-refractivity contribution >= 4 is 28.3 Å². The second-order valence-electron chi connectivity index (χ2n) is 8.24. The highest BCUT2D eigenvalue weighted by atomic mass is 16.5. The molecular formula is C26H23N5O2. The van der Waals surface area contributed by atoms with E-state index < -0.39 is 0 Å². The summed E-state index contributed by atoms with van der Waals surface area (Å²) in [5, 5.41) is 5.17. The molecule has 0 saturated carbocycles. The Labute approximate surface area is 191 Å². The van der Waals surface area contributed by atoms with Crippen molar-refractivity contribution in [3.8, 4) is 12.3 Å². The number of carbonyl (C=O) groups is 1. The number of amides is 1. The molecule has 164 valence electrons. The third-order valence-electron chi connectivity index (χ3n) is 6.01. The zero-order valence-electron chi connectivity index (χ0n) is 18.5. The van der Waals surface area contributed by atoms with Crippen molar-refractivity contribution in [2.45, 2.75) is 26.7 Å². The monoisotopic (exact) mass is 437 g/mol. The lowest BCUT2D eigenvalue weighted by atomic mass is 9.98. The van der Waals surface area contributed by atoms with Gasteiger partial charge in [-0.2, -0.15) is 5.10 Å². The molecule has 2 aromatic carbocycles. The third kappa shape index (κ3) is 3.71. The summed E-state index contributed by atoms with van der Waals surface area (Å²) in [7, 11) is 1.83. The number of fused-ring (bicyclic) bond motifs is 3. The van der Waals surface area contributed by atoms with E-state index in [0.717, 1.165) is 38.7 Å². The number of terminal acetylenes is 1. The molecule has 0 bridgehead atoms. The molecule has 7 nitrogen and oxygen atoms in total. The van der Waals surface area contributed by atoms with Gasteiger partial charge < -0.3 is 15.4 Å². The summed E-state index contributed by atoms with van der Waals surface area (Å²) < 4.78 is 7.29. The topological polar surface area (TPSA) is 86.3 Å². The molecule has 0 saturated heterocycles. The number of hydrogen-bond acceptors (Lipinski definition) is 5. The first kappa shape index (κ1) is 20.7. The van der Waals surface area contributed by atoms with Crippen molar-refractivity contribution in [2.75, 3.05) is 10.6 Å². The SMILES string of the molecule is C#Cc1ccc(CN(C(=O)c2cc3c4c(c(N)nc3cc2C)COC4)c2cnn(C)c2)cc1. The molecule has 2 aromatic heterocycles. The standard InChI is InChI=1S/C26H23N5O2/c1-4-17-5-7-18(8-6-17)12-31(19-11-28-30(3)13-19)26(32)20-10-21-22-14-33-15-23(22)25(27)29-24(21)9-16(20)2/h1,5-11,13H,12,14-15H2,2-3H3,(H2,27,29). The van der Waals surface area contributed by atoms with Gasteiger partial charge in [0, 0.05) is 35.3 Å². The smallest absolute Gasteiger partial charge is 0.258 e. The Bertz CT molecular complexity index is 1430. The lowest BCUT2D eigenvalue weighted by Crippen LogP contribution is -2.30. The van der Waals surface area contributed by atoms with E-state index in [2.05, 4.69) is 16.0 Å². The van der Waals surface area contributed by atoms with E-state index in [0.29, 0.717) is 36.8 Å². The minimum Gasteiger partial charge on any atom is -0.383 e. The van der Waals surface area contributed by atoms with Crippen LogP contribution in [0, 0.1) is 19.3 Å². The van der Waals surface area contributed by atoms with Gasteiger partial charge in [-0.25, -0.2) is 4.98 Å². The number of hydrogen-bond donors (Lipinski definition) is 1. The van der Waals surface area contributed by atoms with Crippen LogP contribution < -0.4 is 10.6 Å². The Morgan fingerprint density at radius 3 is 2.70 bits per heavy atom. The fraction of sp³-hybridized carbons (Fsp3) is 0.192. The van der Waals surface area contributed by atoms with Gasteiger partial charge in [-0.3, -0.25) is 9.48 Å². The first-order valence-electron chi connectivity index (χ1n) is 10.6. The number of carbonyl (C=O) groups excluding carboxylic acids is 1. The Balaban J connectivity index is 1.59. The normalized spacial score (nSPS) is 12.5. The summed E-state index contributed by atoms with van der Waals surface area (Å²) in [5.41, 5.74) is 12.7. The van der Waals surface area contributed by atoms with Crippen LogP contribution in [0.15, 0.2) is 48.8 Å². The Morgan fingerprint density at radius 2 is 2.00 bits per heavy atom. The summed E-state index contributed by atoms with van der Waals surface area (Å²) in [5.74, 6) is 2.99. The number of benzene rings is 2. The second kappa shape index (κ2) is 8.08. The number of aryl methyl sites for hydroxylation is 2. The van der Waals surface area contributed by atoms with E-state index >= 15 is 0 Å². The molecule has 0 spiro atoms. The largest absolute Gasteiger partial charge is 0.383 e. The number of ether oxygens (including phenoxy) is 1. The van der Waals surface area contributed by atoms with Gasteiger partial charge in [-0.05, 0) is 47.9 Å². The molecule has 33 heavy (non-hydrogen) atoms. The molecule has 3 heterocycles. The highest BCUT2D eigenvalue weighted by molar-refractivity contribution is 6.09. The van der Waals surface area contributed by atoms with Crippen LogP contribution in [0.1, 0.15) is 38.2 Å². The van der Waals surface area contributed by atoms with Crippen LogP contribution in [0.25, 0.3) is 10.9 Å². The highest BCUT2D eigenvalue weighted by Gasteiger charge is 2.25. The maximum atomic E-state index is 13.9. The zero-order valence-corrected chi connectivity index (χ0v) is 18.5. The molecule has 1 aliphatic heterocycles. The van der Waals surface area contributed by atoms with Crippen molar-refractivity contribution in [1.29, 1.82) is 0 Å². The molecule has 1 amide bonds. The van der Waals surface area contributed by atoms with Crippen LogP contribution >= 0.6 is 0 Å². The number of rotatable bonds is 4. The van der Waals surface area contributed by atoms with Gasteiger partial charge in [-0.1, -0.05) is 18.1 Å². The van der Waals surface area contributed by atoms with Crippen LogP contribution in [0.4, 0.5) is 11.5 Å². The number of pyridine rings is 1. The van der Waals surface area contributed by atoms with Crippen LogP contribution in [0.5, 0.6) is 0 Å². The molecule has 2 N–H and O–H groups in total. The van der Waals surface area contributed by atoms with Crippen LogP contribution in [-0.4, -0.2) is 20.7 Å². The first-order chi connectivity index (χ1) is 15.9. The van der Waals surface area contributed by atoms with Crippen molar-refractivity contribution < 1.29 is 9.53 Å². The molecule has 7 heteroatoms. The predicted octanol–water partition coefficient (Wildman–Crippen LogP) is 3.72. The lowest BCUT2D eigenvalue weighted by molar-refractivity contribution is 0.0984. The lowest BCUT2D eigenvalue weighted by Gasteiger charge is -2.23. The van der Waals surface area contributed by atoms with Gasteiger partial charge in [0.25, 0.3) is 5.91 Å². The quantitative estimate of drug-likeness (QED) is 0.492. The molecule has 0 atom stereocenters. The Hall–Kier alpha value is -4.15. The van der Waals surface area contributed by atoms with E-state index in [1.54, 1.807) is 15.8 Å². The maximum absolute atomic E-state index is 13.9. The molecule has 0 radical (unpaired) electrons. The second-order valence-corrected chi connectivity index (χ2v) is 8.24. The predicted molar refractivity (Wildman–Crippen MR) is 127 cm³/mol. The average molecular weight is 438 g/mol. The van der Waals surface area contributed by atoms with Gasteiger partial charge in [0.1, 0.15) is 5.82 Å². The highest BCUT2D eigenvalue weighted by Crippen LogP contribution is 2.33. The van der Waals surface area contributed by atoms with Crippen molar-refractivity contribution in [2.24, 2.45) is 7.05 Å². The van der Waals surface area contributed by atoms with Gasteiger partial charge in [0.2, 0.25) is 0 Å². The number of nitrogens with two attached hydrogens (primary N) is 1. The van der Waals surface area contributed by atoms with Gasteiger partial charge in [0.15, 0.2) is 0 Å². The van der Waals surface area contributed by atoms with Gasteiger partial charge in [-0.15, -0.1) is 6.42 Å². The summed E-state index contributed by atoms with van der Waals surface area (Å²) in [6, 6.07) is 11.5. The molecular weight excluding hydrogens is 414 g/mol. The number of anilines is 2. The van der Waals surface area contributed by atoms with Gasteiger partial charge >= 0.3 is 0 Å². The molecule has 1 aliphatic rings. The summed E-state index contributed by atoms with van der Waals surface area (Å²) >= 11 is 0. The zero-order chi connectivity index (χ0) is 23.1. The minimum absolute atomic E-state index is 0.118. The summed E-state index contributed by atoms with van der Waals surface area (Å²) in [6.07, 6.45) is 9.01. The van der Waals surface area contributed by atoms with E-state index in [9.17, 15) is 4.79 Å². The number of nitrogen functional groups attached to an aromatic ring is 1. The van der Waals surface area contributed by atoms with E-state index in [-0.39, 0.29) is 5.91 Å². The molecule has 0 aliphatic carbocycles. The maximum Gasteiger partial charge on any atom is 0.258 e. The summed E-state index contributed by atoms with van der Waals surface area (Å²) in [6.45, 7) is 3.20. The van der Waals surface area contributed by atoms with Gasteiger partial charge in [0.05, 0.1) is 37.2 Å². The van der Waals surface area contributed by atoms with E-state index in [1.807, 2.05) is 56.6 Å². The van der Waals surface area contributed by atoms with E-state index in [1.165, 1.54) is 0 Å². The fourth-order valence-corrected chi connectivity index (χ4v) is 4.22. The van der Waals surface area contributed by atoms with Crippen molar-refractivity contribution in [1.82, 2.24) is 14.8 Å². The van der Waals surface area contributed by atoms with Crippen LogP contribution in [0.2, 0.25) is 0 Å². The average Bonchev–Trinajstić information content (AvgIpc) is 3.47. The molecule has 5 rings (SSSR count). The van der Waals surface area contributed by atoms with Crippen LogP contribution in [0.3, 0.4) is 0 Å². The first-order valence-corrected chi connectivity index (χ1v) is 10.6. The van der Waals surface area contributed by atoms with Crippen molar-refractivity contribution in [3.63, 3.8) is 0 Å². The Kier molecular flexibility index (Phi) is 5.08.